The van der Waals surface area contributed by atoms with E-state index in [2.05, 4.69) is 26.2 Å². The molecule has 6 nitrogen and oxygen atoms in total. The van der Waals surface area contributed by atoms with Crippen molar-refractivity contribution in [2.24, 2.45) is 17.8 Å². The van der Waals surface area contributed by atoms with Gasteiger partial charge in [0, 0.05) is 43.8 Å². The molecule has 2 bridgehead atoms. The third-order valence-corrected chi connectivity index (χ3v) is 7.92. The molecular formula is C23H35N5O. The van der Waals surface area contributed by atoms with Crippen LogP contribution in [0.5, 0.6) is 0 Å². The van der Waals surface area contributed by atoms with Crippen molar-refractivity contribution < 1.29 is 4.79 Å². The van der Waals surface area contributed by atoms with E-state index in [4.69, 9.17) is 4.98 Å². The van der Waals surface area contributed by atoms with Crippen molar-refractivity contribution in [2.75, 3.05) is 31.1 Å². The minimum absolute atomic E-state index is 0.260. The summed E-state index contributed by atoms with van der Waals surface area (Å²) in [7, 11) is 0. The molecule has 1 aliphatic carbocycles. The van der Waals surface area contributed by atoms with Crippen LogP contribution in [0.25, 0.3) is 0 Å². The van der Waals surface area contributed by atoms with Gasteiger partial charge in [-0.3, -0.25) is 9.69 Å². The number of aromatic nitrogens is 2. The first kappa shape index (κ1) is 19.3. The third kappa shape index (κ3) is 3.88. The molecule has 4 atom stereocenters. The SMILES string of the molecule is Cc1nccc(N2C[C@@H]3C[C@@H](C2)[C@H](CNC(=O)C2CCCC2)N2CCCC[C@@H]32)n1. The van der Waals surface area contributed by atoms with Crippen LogP contribution in [0.15, 0.2) is 12.3 Å². The maximum atomic E-state index is 12.7. The first-order valence-corrected chi connectivity index (χ1v) is 11.8. The van der Waals surface area contributed by atoms with Gasteiger partial charge in [-0.1, -0.05) is 19.3 Å². The average molecular weight is 398 g/mol. The maximum Gasteiger partial charge on any atom is 0.223 e. The van der Waals surface area contributed by atoms with E-state index in [-0.39, 0.29) is 5.92 Å². The zero-order valence-corrected chi connectivity index (χ0v) is 17.7. The Morgan fingerprint density at radius 1 is 1.14 bits per heavy atom. The predicted molar refractivity (Wildman–Crippen MR) is 114 cm³/mol. The van der Waals surface area contributed by atoms with Crippen molar-refractivity contribution in [2.45, 2.75) is 70.4 Å². The maximum absolute atomic E-state index is 12.7. The van der Waals surface area contributed by atoms with Crippen LogP contribution in [-0.2, 0) is 4.79 Å². The molecule has 3 aliphatic heterocycles. The molecule has 0 spiro atoms. The number of aryl methyl sites for hydroxylation is 1. The van der Waals surface area contributed by atoms with Gasteiger partial charge in [0.2, 0.25) is 5.91 Å². The molecule has 6 heteroatoms. The number of nitrogens with zero attached hydrogens (tertiary/aromatic N) is 4. The normalized spacial score (nSPS) is 32.8. The molecule has 1 aromatic heterocycles. The number of carbonyl (C=O) groups is 1. The zero-order valence-electron chi connectivity index (χ0n) is 17.7. The standard InChI is InChI=1S/C23H35N5O/c1-16-24-10-9-22(26-16)27-14-18-12-19(15-27)21(28-11-5-4-8-20(18)28)13-25-23(29)17-6-2-3-7-17/h9-10,17-21H,2-8,11-15H2,1H3,(H,25,29)/t18-,19-,20-,21-/m0/s1. The lowest BCUT2D eigenvalue weighted by Crippen LogP contribution is -2.66. The summed E-state index contributed by atoms with van der Waals surface area (Å²) >= 11 is 0. The molecule has 1 amide bonds. The van der Waals surface area contributed by atoms with Gasteiger partial charge < -0.3 is 10.2 Å². The number of piperidine rings is 3. The van der Waals surface area contributed by atoms with E-state index in [1.807, 2.05) is 13.1 Å². The summed E-state index contributed by atoms with van der Waals surface area (Å²) < 4.78 is 0. The predicted octanol–water partition coefficient (Wildman–Crippen LogP) is 2.77. The Hall–Kier alpha value is -1.69. The smallest absolute Gasteiger partial charge is 0.223 e. The summed E-state index contributed by atoms with van der Waals surface area (Å²) in [6.07, 6.45) is 11.7. The number of nitrogens with one attached hydrogen (secondary N) is 1. The van der Waals surface area contributed by atoms with Gasteiger partial charge in [-0.2, -0.15) is 0 Å². The highest BCUT2D eigenvalue weighted by atomic mass is 16.1. The van der Waals surface area contributed by atoms with Gasteiger partial charge in [0.15, 0.2) is 0 Å². The number of hydrogen-bond donors (Lipinski definition) is 1. The van der Waals surface area contributed by atoms with Gasteiger partial charge in [0.25, 0.3) is 0 Å². The molecule has 3 saturated heterocycles. The molecule has 1 aromatic rings. The molecule has 1 saturated carbocycles. The molecule has 0 aromatic carbocycles. The number of rotatable bonds is 4. The summed E-state index contributed by atoms with van der Waals surface area (Å²) in [5.41, 5.74) is 0. The van der Waals surface area contributed by atoms with Gasteiger partial charge in [0.05, 0.1) is 0 Å². The third-order valence-electron chi connectivity index (χ3n) is 7.92. The lowest BCUT2D eigenvalue weighted by Gasteiger charge is -2.57. The topological polar surface area (TPSA) is 61.4 Å². The Balaban J connectivity index is 1.33. The first-order valence-electron chi connectivity index (χ1n) is 11.8. The van der Waals surface area contributed by atoms with Gasteiger partial charge in [-0.05, 0) is 63.5 Å². The molecule has 4 fully saturated rings. The van der Waals surface area contributed by atoms with Crippen molar-refractivity contribution in [3.63, 3.8) is 0 Å². The highest BCUT2D eigenvalue weighted by Gasteiger charge is 2.47. The highest BCUT2D eigenvalue weighted by molar-refractivity contribution is 5.78. The summed E-state index contributed by atoms with van der Waals surface area (Å²) in [6.45, 7) is 6.14. The minimum Gasteiger partial charge on any atom is -0.356 e. The molecule has 158 valence electrons. The number of fused-ring (bicyclic) bond motifs is 4. The number of amides is 1. The molecule has 0 unspecified atom stereocenters. The van der Waals surface area contributed by atoms with Crippen LogP contribution in [0.4, 0.5) is 5.82 Å². The van der Waals surface area contributed by atoms with Crippen molar-refractivity contribution in [3.8, 4) is 0 Å². The fourth-order valence-electron chi connectivity index (χ4n) is 6.53. The second-order valence-electron chi connectivity index (χ2n) is 9.72. The summed E-state index contributed by atoms with van der Waals surface area (Å²) in [4.78, 5) is 26.9. The molecular weight excluding hydrogens is 362 g/mol. The minimum atomic E-state index is 0.260. The quantitative estimate of drug-likeness (QED) is 0.847. The summed E-state index contributed by atoms with van der Waals surface area (Å²) in [5.74, 6) is 3.80. The van der Waals surface area contributed by atoms with E-state index in [0.29, 0.717) is 29.8 Å². The van der Waals surface area contributed by atoms with Crippen LogP contribution in [0.2, 0.25) is 0 Å². The van der Waals surface area contributed by atoms with Gasteiger partial charge in [-0.25, -0.2) is 9.97 Å². The van der Waals surface area contributed by atoms with Crippen LogP contribution in [0.3, 0.4) is 0 Å². The van der Waals surface area contributed by atoms with Crippen LogP contribution in [-0.4, -0.2) is 59.0 Å². The Morgan fingerprint density at radius 3 is 2.76 bits per heavy atom. The fourth-order valence-corrected chi connectivity index (χ4v) is 6.53. The first-order chi connectivity index (χ1) is 14.2. The Labute approximate surface area is 174 Å². The van der Waals surface area contributed by atoms with E-state index < -0.39 is 0 Å². The number of anilines is 1. The Morgan fingerprint density at radius 2 is 1.93 bits per heavy atom. The van der Waals surface area contributed by atoms with Crippen LogP contribution in [0.1, 0.15) is 57.2 Å². The zero-order chi connectivity index (χ0) is 19.8. The molecule has 4 heterocycles. The lowest BCUT2D eigenvalue weighted by molar-refractivity contribution is -0.125. The Kier molecular flexibility index (Phi) is 5.46. The highest BCUT2D eigenvalue weighted by Crippen LogP contribution is 2.41. The van der Waals surface area contributed by atoms with Crippen molar-refractivity contribution >= 4 is 11.7 Å². The van der Waals surface area contributed by atoms with Crippen molar-refractivity contribution in [1.82, 2.24) is 20.2 Å². The molecule has 0 radical (unpaired) electrons. The van der Waals surface area contributed by atoms with Gasteiger partial charge >= 0.3 is 0 Å². The van der Waals surface area contributed by atoms with E-state index in [1.54, 1.807) is 0 Å². The molecule has 4 aliphatic rings. The van der Waals surface area contributed by atoms with E-state index in [9.17, 15) is 4.79 Å². The van der Waals surface area contributed by atoms with E-state index in [1.165, 1.54) is 45.1 Å². The second-order valence-corrected chi connectivity index (χ2v) is 9.72. The monoisotopic (exact) mass is 397 g/mol. The van der Waals surface area contributed by atoms with Gasteiger partial charge in [-0.15, -0.1) is 0 Å². The van der Waals surface area contributed by atoms with Crippen molar-refractivity contribution in [3.05, 3.63) is 18.1 Å². The van der Waals surface area contributed by atoms with E-state index in [0.717, 1.165) is 44.1 Å². The summed E-state index contributed by atoms with van der Waals surface area (Å²) in [6, 6.07) is 3.19. The average Bonchev–Trinajstić information content (AvgIpc) is 3.28. The van der Waals surface area contributed by atoms with Gasteiger partial charge in [0.1, 0.15) is 11.6 Å². The molecule has 1 N–H and O–H groups in total. The summed E-state index contributed by atoms with van der Waals surface area (Å²) in [5, 5.41) is 3.37. The largest absolute Gasteiger partial charge is 0.356 e. The second kappa shape index (κ2) is 8.21. The number of hydrogen-bond acceptors (Lipinski definition) is 5. The van der Waals surface area contributed by atoms with Crippen molar-refractivity contribution in [1.29, 1.82) is 0 Å². The van der Waals surface area contributed by atoms with E-state index >= 15 is 0 Å². The van der Waals surface area contributed by atoms with Crippen LogP contribution in [0, 0.1) is 24.7 Å². The fraction of sp³-hybridized carbons (Fsp3) is 0.783. The molecule has 5 rings (SSSR count). The van der Waals surface area contributed by atoms with Crippen LogP contribution >= 0.6 is 0 Å². The lowest BCUT2D eigenvalue weighted by atomic mass is 9.72. The number of carbonyl (C=O) groups excluding carboxylic acids is 1. The Bertz CT molecular complexity index is 734. The molecule has 29 heavy (non-hydrogen) atoms. The van der Waals surface area contributed by atoms with Crippen LogP contribution < -0.4 is 10.2 Å².